The number of hydrogen-bond donors (Lipinski definition) is 1. The zero-order chi connectivity index (χ0) is 18.1. The fourth-order valence-corrected chi connectivity index (χ4v) is 2.96. The first-order chi connectivity index (χ1) is 11.9. The molecule has 7 heteroatoms. The molecule has 2 aromatic heterocycles. The number of hydrogen-bond acceptors (Lipinski definition) is 4. The van der Waals surface area contributed by atoms with Crippen LogP contribution in [0.3, 0.4) is 0 Å². The number of aromatic nitrogens is 3. The van der Waals surface area contributed by atoms with Crippen molar-refractivity contribution in [3.05, 3.63) is 58.1 Å². The molecular weight excluding hydrogens is 340 g/mol. The Kier molecular flexibility index (Phi) is 4.63. The summed E-state index contributed by atoms with van der Waals surface area (Å²) in [6.45, 7) is 5.57. The highest BCUT2D eigenvalue weighted by Crippen LogP contribution is 2.27. The molecule has 0 saturated heterocycles. The molecule has 1 unspecified atom stereocenters. The predicted octanol–water partition coefficient (Wildman–Crippen LogP) is 3.84. The van der Waals surface area contributed by atoms with Gasteiger partial charge in [-0.1, -0.05) is 28.9 Å². The Hall–Kier alpha value is -2.60. The third-order valence-electron chi connectivity index (χ3n) is 4.07. The van der Waals surface area contributed by atoms with Crippen LogP contribution in [0.5, 0.6) is 0 Å². The van der Waals surface area contributed by atoms with Crippen LogP contribution in [0.4, 0.5) is 0 Å². The van der Waals surface area contributed by atoms with Gasteiger partial charge in [-0.15, -0.1) is 0 Å². The van der Waals surface area contributed by atoms with Crippen LogP contribution in [0.15, 0.2) is 35.0 Å². The molecule has 3 aromatic rings. The molecule has 130 valence electrons. The topological polar surface area (TPSA) is 73.0 Å². The molecule has 1 atom stereocenters. The number of aryl methyl sites for hydroxylation is 3. The van der Waals surface area contributed by atoms with Crippen molar-refractivity contribution in [1.82, 2.24) is 20.3 Å². The Bertz CT molecular complexity index is 912. The van der Waals surface area contributed by atoms with Crippen LogP contribution < -0.4 is 5.32 Å². The van der Waals surface area contributed by atoms with E-state index < -0.39 is 0 Å². The minimum atomic E-state index is -0.237. The van der Waals surface area contributed by atoms with Gasteiger partial charge >= 0.3 is 0 Å². The number of carbonyl (C=O) groups is 1. The lowest BCUT2D eigenvalue weighted by Crippen LogP contribution is -2.27. The van der Waals surface area contributed by atoms with E-state index in [-0.39, 0.29) is 11.9 Å². The molecule has 0 radical (unpaired) electrons. The van der Waals surface area contributed by atoms with Gasteiger partial charge in [0.1, 0.15) is 17.0 Å². The zero-order valence-electron chi connectivity index (χ0n) is 14.5. The third kappa shape index (κ3) is 3.44. The quantitative estimate of drug-likeness (QED) is 0.769. The lowest BCUT2D eigenvalue weighted by molar-refractivity contribution is 0.0939. The summed E-state index contributed by atoms with van der Waals surface area (Å²) in [7, 11) is 1.85. The summed E-state index contributed by atoms with van der Waals surface area (Å²) in [4.78, 5) is 12.8. The molecule has 0 aliphatic rings. The maximum absolute atomic E-state index is 12.8. The predicted molar refractivity (Wildman–Crippen MR) is 95.5 cm³/mol. The average Bonchev–Trinajstić information content (AvgIpc) is 3.10. The molecular formula is C18H19ClN4O2. The summed E-state index contributed by atoms with van der Waals surface area (Å²) in [5.74, 6) is 0.233. The van der Waals surface area contributed by atoms with Crippen LogP contribution in [0.2, 0.25) is 5.02 Å². The minimum Gasteiger partial charge on any atom is -0.360 e. The van der Waals surface area contributed by atoms with E-state index in [0.717, 1.165) is 16.8 Å². The highest BCUT2D eigenvalue weighted by Gasteiger charge is 2.24. The highest BCUT2D eigenvalue weighted by atomic mass is 35.5. The molecule has 1 amide bonds. The molecule has 1 N–H and O–H groups in total. The second kappa shape index (κ2) is 6.72. The second-order valence-corrected chi connectivity index (χ2v) is 6.44. The van der Waals surface area contributed by atoms with Gasteiger partial charge in [-0.2, -0.15) is 5.10 Å². The largest absolute Gasteiger partial charge is 0.360 e. The Morgan fingerprint density at radius 2 is 1.96 bits per heavy atom. The van der Waals surface area contributed by atoms with Gasteiger partial charge in [0.2, 0.25) is 0 Å². The van der Waals surface area contributed by atoms with Gasteiger partial charge in [-0.3, -0.25) is 9.48 Å². The average molecular weight is 359 g/mol. The van der Waals surface area contributed by atoms with E-state index in [1.165, 1.54) is 0 Å². The number of benzene rings is 1. The van der Waals surface area contributed by atoms with E-state index in [1.54, 1.807) is 23.7 Å². The summed E-state index contributed by atoms with van der Waals surface area (Å²) in [5, 5.41) is 12.0. The molecule has 0 spiro atoms. The molecule has 2 heterocycles. The first kappa shape index (κ1) is 17.2. The van der Waals surface area contributed by atoms with E-state index in [9.17, 15) is 4.79 Å². The van der Waals surface area contributed by atoms with Crippen LogP contribution in [-0.2, 0) is 7.05 Å². The standard InChI is InChI=1S/C18H19ClN4O2/c1-10(15-9-23(4)21-11(15)2)20-18(24)16-12(3)25-22-17(16)13-5-7-14(19)8-6-13/h5-10H,1-4H3,(H,20,24). The molecule has 0 aliphatic carbocycles. The van der Waals surface area contributed by atoms with Crippen molar-refractivity contribution in [2.24, 2.45) is 7.05 Å². The molecule has 0 aliphatic heterocycles. The third-order valence-corrected chi connectivity index (χ3v) is 4.32. The minimum absolute atomic E-state index is 0.187. The van der Waals surface area contributed by atoms with Crippen molar-refractivity contribution < 1.29 is 9.32 Å². The number of carbonyl (C=O) groups excluding carboxylic acids is 1. The SMILES string of the molecule is Cc1nn(C)cc1C(C)NC(=O)c1c(-c2ccc(Cl)cc2)noc1C. The van der Waals surface area contributed by atoms with Crippen molar-refractivity contribution >= 4 is 17.5 Å². The molecule has 6 nitrogen and oxygen atoms in total. The fourth-order valence-electron chi connectivity index (χ4n) is 2.83. The first-order valence-corrected chi connectivity index (χ1v) is 8.28. The fraction of sp³-hybridized carbons (Fsp3) is 0.278. The first-order valence-electron chi connectivity index (χ1n) is 7.90. The number of halogens is 1. The Morgan fingerprint density at radius 1 is 1.28 bits per heavy atom. The molecule has 0 saturated carbocycles. The van der Waals surface area contributed by atoms with Gasteiger partial charge in [0.15, 0.2) is 0 Å². The molecule has 1 aromatic carbocycles. The summed E-state index contributed by atoms with van der Waals surface area (Å²) in [5.41, 5.74) is 3.56. The van der Waals surface area contributed by atoms with Gasteiger partial charge < -0.3 is 9.84 Å². The number of nitrogens with zero attached hydrogens (tertiary/aromatic N) is 3. The monoisotopic (exact) mass is 358 g/mol. The van der Waals surface area contributed by atoms with E-state index in [2.05, 4.69) is 15.6 Å². The molecule has 0 bridgehead atoms. The lowest BCUT2D eigenvalue weighted by Gasteiger charge is -2.13. The van der Waals surface area contributed by atoms with Crippen molar-refractivity contribution in [2.45, 2.75) is 26.8 Å². The van der Waals surface area contributed by atoms with Crippen LogP contribution in [-0.4, -0.2) is 20.8 Å². The van der Waals surface area contributed by atoms with E-state index >= 15 is 0 Å². The molecule has 3 rings (SSSR count). The van der Waals surface area contributed by atoms with Gasteiger partial charge in [-0.25, -0.2) is 0 Å². The van der Waals surface area contributed by atoms with Gasteiger partial charge in [0.25, 0.3) is 5.91 Å². The zero-order valence-corrected chi connectivity index (χ0v) is 15.3. The second-order valence-electron chi connectivity index (χ2n) is 6.01. The Balaban J connectivity index is 1.89. The van der Waals surface area contributed by atoms with Crippen LogP contribution in [0.1, 0.15) is 40.3 Å². The maximum Gasteiger partial charge on any atom is 0.257 e. The Labute approximate surface area is 150 Å². The van der Waals surface area contributed by atoms with E-state index in [4.69, 9.17) is 16.1 Å². The number of rotatable bonds is 4. The molecule has 25 heavy (non-hydrogen) atoms. The summed E-state index contributed by atoms with van der Waals surface area (Å²) in [6.07, 6.45) is 1.90. The van der Waals surface area contributed by atoms with Gasteiger partial charge in [-0.05, 0) is 32.9 Å². The summed E-state index contributed by atoms with van der Waals surface area (Å²) < 4.78 is 6.99. The van der Waals surface area contributed by atoms with Crippen LogP contribution >= 0.6 is 11.6 Å². The smallest absolute Gasteiger partial charge is 0.257 e. The summed E-state index contributed by atoms with van der Waals surface area (Å²) in [6, 6.07) is 6.94. The highest BCUT2D eigenvalue weighted by molar-refractivity contribution is 6.30. The Morgan fingerprint density at radius 3 is 2.56 bits per heavy atom. The van der Waals surface area contributed by atoms with Crippen LogP contribution in [0, 0.1) is 13.8 Å². The number of amides is 1. The van der Waals surface area contributed by atoms with Crippen molar-refractivity contribution in [3.63, 3.8) is 0 Å². The van der Waals surface area contributed by atoms with Crippen molar-refractivity contribution in [1.29, 1.82) is 0 Å². The lowest BCUT2D eigenvalue weighted by atomic mass is 10.0. The normalized spacial score (nSPS) is 12.2. The van der Waals surface area contributed by atoms with E-state index in [1.807, 2.05) is 39.2 Å². The molecule has 0 fully saturated rings. The van der Waals surface area contributed by atoms with Gasteiger partial charge in [0.05, 0.1) is 11.7 Å². The van der Waals surface area contributed by atoms with Gasteiger partial charge in [0, 0.05) is 29.4 Å². The van der Waals surface area contributed by atoms with E-state index in [0.29, 0.717) is 22.0 Å². The van der Waals surface area contributed by atoms with Crippen LogP contribution in [0.25, 0.3) is 11.3 Å². The maximum atomic E-state index is 12.8. The van der Waals surface area contributed by atoms with Crippen molar-refractivity contribution in [3.8, 4) is 11.3 Å². The van der Waals surface area contributed by atoms with Crippen molar-refractivity contribution in [2.75, 3.05) is 0 Å². The number of nitrogens with one attached hydrogen (secondary N) is 1. The summed E-state index contributed by atoms with van der Waals surface area (Å²) >= 11 is 5.93.